The Balaban J connectivity index is 1.72. The van der Waals surface area contributed by atoms with Crippen molar-refractivity contribution in [2.45, 2.75) is 13.3 Å². The normalized spacial score (nSPS) is 17.0. The summed E-state index contributed by atoms with van der Waals surface area (Å²) in [6.07, 6.45) is 0.510. The van der Waals surface area contributed by atoms with Crippen LogP contribution in [0.3, 0.4) is 0 Å². The van der Waals surface area contributed by atoms with Gasteiger partial charge in [0.1, 0.15) is 11.7 Å². The highest BCUT2D eigenvalue weighted by Gasteiger charge is 2.37. The van der Waals surface area contributed by atoms with E-state index in [0.29, 0.717) is 31.0 Å². The standard InChI is InChI=1S/C19H20N2O3/c1-2-24-17-11-7-6-10-16(17)20-18(22)15-12-13-21(19(15)23)14-8-4-3-5-9-14/h3-11,15H,2,12-13H2,1H3,(H,20,22)/t15-/m0/s1. The zero-order valence-corrected chi connectivity index (χ0v) is 13.6. The van der Waals surface area contributed by atoms with Gasteiger partial charge in [-0.25, -0.2) is 0 Å². The number of carbonyl (C=O) groups is 2. The number of hydrogen-bond acceptors (Lipinski definition) is 3. The molecule has 5 heteroatoms. The topological polar surface area (TPSA) is 58.6 Å². The van der Waals surface area contributed by atoms with Crippen LogP contribution < -0.4 is 15.0 Å². The monoisotopic (exact) mass is 324 g/mol. The zero-order chi connectivity index (χ0) is 16.9. The fourth-order valence-corrected chi connectivity index (χ4v) is 2.86. The van der Waals surface area contributed by atoms with Gasteiger partial charge in [-0.1, -0.05) is 30.3 Å². The average molecular weight is 324 g/mol. The molecule has 1 atom stereocenters. The fourth-order valence-electron chi connectivity index (χ4n) is 2.86. The molecule has 24 heavy (non-hydrogen) atoms. The van der Waals surface area contributed by atoms with Gasteiger partial charge >= 0.3 is 0 Å². The molecule has 0 spiro atoms. The minimum absolute atomic E-state index is 0.160. The molecule has 1 aliphatic rings. The molecule has 1 fully saturated rings. The van der Waals surface area contributed by atoms with Gasteiger partial charge in [0.2, 0.25) is 11.8 Å². The van der Waals surface area contributed by atoms with Crippen molar-refractivity contribution < 1.29 is 14.3 Å². The molecule has 1 aliphatic heterocycles. The van der Waals surface area contributed by atoms with Crippen LogP contribution in [0.1, 0.15) is 13.3 Å². The molecule has 0 aliphatic carbocycles. The van der Waals surface area contributed by atoms with Gasteiger partial charge in [0, 0.05) is 12.2 Å². The average Bonchev–Trinajstić information content (AvgIpc) is 2.99. The first kappa shape index (κ1) is 16.1. The van der Waals surface area contributed by atoms with Crippen molar-refractivity contribution in [3.8, 4) is 5.75 Å². The molecule has 124 valence electrons. The molecular weight excluding hydrogens is 304 g/mol. The van der Waals surface area contributed by atoms with E-state index in [9.17, 15) is 9.59 Å². The van der Waals surface area contributed by atoms with Gasteiger partial charge in [-0.2, -0.15) is 0 Å². The maximum atomic E-state index is 12.6. The van der Waals surface area contributed by atoms with E-state index in [1.807, 2.05) is 49.4 Å². The number of amides is 2. The van der Waals surface area contributed by atoms with Gasteiger partial charge in [-0.3, -0.25) is 9.59 Å². The highest BCUT2D eigenvalue weighted by molar-refractivity contribution is 6.13. The van der Waals surface area contributed by atoms with E-state index in [2.05, 4.69) is 5.32 Å². The van der Waals surface area contributed by atoms with Crippen LogP contribution in [0.4, 0.5) is 11.4 Å². The van der Waals surface area contributed by atoms with Crippen molar-refractivity contribution in [3.63, 3.8) is 0 Å². The Morgan fingerprint density at radius 2 is 1.88 bits per heavy atom. The van der Waals surface area contributed by atoms with E-state index in [4.69, 9.17) is 4.74 Å². The summed E-state index contributed by atoms with van der Waals surface area (Å²) >= 11 is 0. The van der Waals surface area contributed by atoms with Crippen molar-refractivity contribution in [2.24, 2.45) is 5.92 Å². The molecule has 0 bridgehead atoms. The third-order valence-electron chi connectivity index (χ3n) is 4.03. The minimum Gasteiger partial charge on any atom is -0.492 e. The molecule has 0 unspecified atom stereocenters. The first-order valence-corrected chi connectivity index (χ1v) is 8.10. The molecule has 1 saturated heterocycles. The second-order valence-electron chi connectivity index (χ2n) is 5.59. The summed E-state index contributed by atoms with van der Waals surface area (Å²) in [5.41, 5.74) is 1.42. The van der Waals surface area contributed by atoms with Gasteiger partial charge in [0.05, 0.1) is 12.3 Å². The number of para-hydroxylation sites is 3. The molecule has 1 N–H and O–H groups in total. The lowest BCUT2D eigenvalue weighted by Crippen LogP contribution is -2.33. The Kier molecular flexibility index (Phi) is 4.79. The molecule has 1 heterocycles. The van der Waals surface area contributed by atoms with E-state index >= 15 is 0 Å². The van der Waals surface area contributed by atoms with Crippen molar-refractivity contribution in [2.75, 3.05) is 23.4 Å². The van der Waals surface area contributed by atoms with Gasteiger partial charge in [-0.15, -0.1) is 0 Å². The van der Waals surface area contributed by atoms with E-state index in [1.54, 1.807) is 17.0 Å². The van der Waals surface area contributed by atoms with Crippen LogP contribution in [0, 0.1) is 5.92 Å². The Bertz CT molecular complexity index is 730. The van der Waals surface area contributed by atoms with Crippen LogP contribution in [0.25, 0.3) is 0 Å². The molecular formula is C19H20N2O3. The van der Waals surface area contributed by atoms with Gasteiger partial charge in [0.15, 0.2) is 0 Å². The molecule has 0 aromatic heterocycles. The van der Waals surface area contributed by atoms with Crippen LogP contribution in [0.2, 0.25) is 0 Å². The van der Waals surface area contributed by atoms with Crippen molar-refractivity contribution >= 4 is 23.2 Å². The number of nitrogens with one attached hydrogen (secondary N) is 1. The quantitative estimate of drug-likeness (QED) is 0.860. The minimum atomic E-state index is -0.667. The third kappa shape index (κ3) is 3.25. The number of anilines is 2. The highest BCUT2D eigenvalue weighted by atomic mass is 16.5. The van der Waals surface area contributed by atoms with Crippen LogP contribution in [0.15, 0.2) is 54.6 Å². The number of benzene rings is 2. The molecule has 2 amide bonds. The number of hydrogen-bond donors (Lipinski definition) is 1. The SMILES string of the molecule is CCOc1ccccc1NC(=O)[C@@H]1CCN(c2ccccc2)C1=O. The van der Waals surface area contributed by atoms with Gasteiger partial charge in [0.25, 0.3) is 0 Å². The number of carbonyl (C=O) groups excluding carboxylic acids is 2. The van der Waals surface area contributed by atoms with E-state index < -0.39 is 5.92 Å². The van der Waals surface area contributed by atoms with Crippen LogP contribution in [-0.4, -0.2) is 25.0 Å². The van der Waals surface area contributed by atoms with Crippen molar-refractivity contribution in [3.05, 3.63) is 54.6 Å². The second-order valence-corrected chi connectivity index (χ2v) is 5.59. The summed E-state index contributed by atoms with van der Waals surface area (Å²) in [6, 6.07) is 16.7. The molecule has 2 aromatic carbocycles. The summed E-state index contributed by atoms with van der Waals surface area (Å²) in [5, 5.41) is 2.83. The van der Waals surface area contributed by atoms with Crippen LogP contribution >= 0.6 is 0 Å². The first-order valence-electron chi connectivity index (χ1n) is 8.10. The third-order valence-corrected chi connectivity index (χ3v) is 4.03. The van der Waals surface area contributed by atoms with E-state index in [1.165, 1.54) is 0 Å². The van der Waals surface area contributed by atoms with Gasteiger partial charge < -0.3 is 15.0 Å². The lowest BCUT2D eigenvalue weighted by molar-refractivity contribution is -0.129. The Hall–Kier alpha value is -2.82. The maximum absolute atomic E-state index is 12.6. The molecule has 3 rings (SSSR count). The number of ether oxygens (including phenoxy) is 1. The van der Waals surface area contributed by atoms with Gasteiger partial charge in [-0.05, 0) is 37.6 Å². The van der Waals surface area contributed by atoms with E-state index in [-0.39, 0.29) is 11.8 Å². The predicted molar refractivity (Wildman–Crippen MR) is 93.1 cm³/mol. The smallest absolute Gasteiger partial charge is 0.239 e. The Morgan fingerprint density at radius 1 is 1.17 bits per heavy atom. The Morgan fingerprint density at radius 3 is 2.62 bits per heavy atom. The lowest BCUT2D eigenvalue weighted by atomic mass is 10.1. The Labute approximate surface area is 141 Å². The first-order chi connectivity index (χ1) is 11.7. The summed E-state index contributed by atoms with van der Waals surface area (Å²) in [7, 11) is 0. The summed E-state index contributed by atoms with van der Waals surface area (Å²) < 4.78 is 5.51. The van der Waals surface area contributed by atoms with Crippen molar-refractivity contribution in [1.82, 2.24) is 0 Å². The summed E-state index contributed by atoms with van der Waals surface area (Å²) in [5.74, 6) is -0.503. The van der Waals surface area contributed by atoms with Crippen LogP contribution in [-0.2, 0) is 9.59 Å². The van der Waals surface area contributed by atoms with Crippen molar-refractivity contribution in [1.29, 1.82) is 0 Å². The molecule has 0 radical (unpaired) electrons. The maximum Gasteiger partial charge on any atom is 0.239 e. The molecule has 5 nitrogen and oxygen atoms in total. The molecule has 0 saturated carbocycles. The summed E-state index contributed by atoms with van der Waals surface area (Å²) in [6.45, 7) is 2.95. The predicted octanol–water partition coefficient (Wildman–Crippen LogP) is 3.08. The van der Waals surface area contributed by atoms with Crippen LogP contribution in [0.5, 0.6) is 5.75 Å². The molecule has 2 aromatic rings. The zero-order valence-electron chi connectivity index (χ0n) is 13.6. The fraction of sp³-hybridized carbons (Fsp3) is 0.263. The number of rotatable bonds is 5. The second kappa shape index (κ2) is 7.17. The number of nitrogens with zero attached hydrogens (tertiary/aromatic N) is 1. The summed E-state index contributed by atoms with van der Waals surface area (Å²) in [4.78, 5) is 26.8. The van der Waals surface area contributed by atoms with E-state index in [0.717, 1.165) is 5.69 Å². The highest BCUT2D eigenvalue weighted by Crippen LogP contribution is 2.28. The lowest BCUT2D eigenvalue weighted by Gasteiger charge is -2.17. The largest absolute Gasteiger partial charge is 0.492 e.